The van der Waals surface area contributed by atoms with Crippen molar-refractivity contribution in [3.8, 4) is 28.3 Å². The summed E-state index contributed by atoms with van der Waals surface area (Å²) in [7, 11) is -2.31. The summed E-state index contributed by atoms with van der Waals surface area (Å²) in [5.74, 6) is -3.20. The molecule has 0 bridgehead atoms. The van der Waals surface area contributed by atoms with Gasteiger partial charge in [-0.15, -0.1) is 5.10 Å². The van der Waals surface area contributed by atoms with Crippen molar-refractivity contribution >= 4 is 27.4 Å². The number of hydrogen-bond donors (Lipinski definition) is 1. The quantitative estimate of drug-likeness (QED) is 0.352. The minimum Gasteiger partial charge on any atom is -0.497 e. The van der Waals surface area contributed by atoms with E-state index in [9.17, 15) is 22.0 Å². The number of aromatic nitrogens is 2. The topological polar surface area (TPSA) is 132 Å². The van der Waals surface area contributed by atoms with Crippen molar-refractivity contribution in [3.05, 3.63) is 72.3 Å². The van der Waals surface area contributed by atoms with Gasteiger partial charge in [-0.3, -0.25) is 4.79 Å². The van der Waals surface area contributed by atoms with Crippen LogP contribution >= 0.6 is 0 Å². The van der Waals surface area contributed by atoms with Crippen molar-refractivity contribution in [1.29, 1.82) is 0 Å². The number of benzene rings is 3. The van der Waals surface area contributed by atoms with Crippen LogP contribution in [-0.2, 0) is 21.2 Å². The first-order valence-electron chi connectivity index (χ1n) is 13.2. The number of anilines is 2. The van der Waals surface area contributed by atoms with Gasteiger partial charge in [-0.1, -0.05) is 41.5 Å². The van der Waals surface area contributed by atoms with E-state index in [4.69, 9.17) is 14.9 Å². The Kier molecular flexibility index (Phi) is 6.93. The minimum absolute atomic E-state index is 0.00482. The number of alkyl halides is 2. The second kappa shape index (κ2) is 10.5. The predicted octanol–water partition coefficient (Wildman–Crippen LogP) is 3.91. The fourth-order valence-corrected chi connectivity index (χ4v) is 6.69. The highest BCUT2D eigenvalue weighted by Crippen LogP contribution is 2.37. The Balaban J connectivity index is 1.33. The zero-order valence-electron chi connectivity index (χ0n) is 22.5. The molecule has 1 aromatic heterocycles. The number of carbonyl (C=O) groups excluding carboxylic acids is 1. The van der Waals surface area contributed by atoms with Crippen LogP contribution in [0.4, 0.5) is 20.5 Å². The van der Waals surface area contributed by atoms with Crippen LogP contribution in [0.15, 0.2) is 76.0 Å². The first kappa shape index (κ1) is 27.8. The van der Waals surface area contributed by atoms with Crippen LogP contribution in [0.25, 0.3) is 22.6 Å². The molecule has 1 amide bonds. The molecular formula is C29H27F2N5O5S. The third-order valence-electron chi connectivity index (χ3n) is 7.39. The smallest absolute Gasteiger partial charge is 0.318 e. The summed E-state index contributed by atoms with van der Waals surface area (Å²) in [6.45, 7) is -0.414. The van der Waals surface area contributed by atoms with Crippen molar-refractivity contribution in [2.75, 3.05) is 35.8 Å². The van der Waals surface area contributed by atoms with Gasteiger partial charge in [0.05, 0.1) is 42.6 Å². The number of halogens is 2. The van der Waals surface area contributed by atoms with Gasteiger partial charge in [0, 0.05) is 18.5 Å². The number of rotatable bonds is 6. The Bertz CT molecular complexity index is 1740. The molecule has 1 saturated heterocycles. The van der Waals surface area contributed by atoms with E-state index in [0.717, 1.165) is 22.4 Å². The number of hydrogen-bond acceptors (Lipinski definition) is 9. The molecule has 3 heterocycles. The second-order valence-corrected chi connectivity index (χ2v) is 12.3. The molecule has 2 N–H and O–H groups in total. The lowest BCUT2D eigenvalue weighted by Crippen LogP contribution is -2.45. The van der Waals surface area contributed by atoms with Crippen LogP contribution in [0.3, 0.4) is 0 Å². The Morgan fingerprint density at radius 1 is 1.02 bits per heavy atom. The Labute approximate surface area is 240 Å². The van der Waals surface area contributed by atoms with E-state index in [1.54, 1.807) is 7.11 Å². The van der Waals surface area contributed by atoms with Crippen molar-refractivity contribution in [2.24, 2.45) is 5.73 Å². The highest BCUT2D eigenvalue weighted by molar-refractivity contribution is 7.91. The van der Waals surface area contributed by atoms with Gasteiger partial charge in [0.2, 0.25) is 11.8 Å². The summed E-state index contributed by atoms with van der Waals surface area (Å²) < 4.78 is 64.7. The number of ether oxygens (including phenoxy) is 1. The van der Waals surface area contributed by atoms with Crippen molar-refractivity contribution in [2.45, 2.75) is 29.8 Å². The molecule has 0 saturated carbocycles. The van der Waals surface area contributed by atoms with Crippen LogP contribution in [0.1, 0.15) is 12.0 Å². The molecule has 2 aliphatic rings. The van der Waals surface area contributed by atoms with E-state index >= 15 is 0 Å². The molecule has 6 rings (SSSR count). The van der Waals surface area contributed by atoms with Gasteiger partial charge in [0.1, 0.15) is 5.75 Å². The molecule has 13 heteroatoms. The van der Waals surface area contributed by atoms with Gasteiger partial charge >= 0.3 is 6.01 Å². The van der Waals surface area contributed by atoms with E-state index in [-0.39, 0.29) is 42.0 Å². The van der Waals surface area contributed by atoms with E-state index in [2.05, 4.69) is 10.2 Å². The molecule has 2 aliphatic heterocycles. The Morgan fingerprint density at radius 3 is 2.33 bits per heavy atom. The first-order chi connectivity index (χ1) is 20.0. The Morgan fingerprint density at radius 2 is 1.69 bits per heavy atom. The predicted molar refractivity (Wildman–Crippen MR) is 151 cm³/mol. The van der Waals surface area contributed by atoms with Crippen LogP contribution in [0.2, 0.25) is 0 Å². The van der Waals surface area contributed by atoms with Gasteiger partial charge in [-0.25, -0.2) is 17.2 Å². The van der Waals surface area contributed by atoms with E-state index < -0.39 is 40.0 Å². The molecule has 4 aromatic rings. The van der Waals surface area contributed by atoms with E-state index in [0.29, 0.717) is 5.56 Å². The maximum atomic E-state index is 13.7. The maximum absolute atomic E-state index is 13.7. The number of methoxy groups -OCH3 is 1. The minimum atomic E-state index is -3.91. The second-order valence-electron chi connectivity index (χ2n) is 10.3. The average molecular weight is 596 g/mol. The van der Waals surface area contributed by atoms with Crippen LogP contribution in [0.5, 0.6) is 5.75 Å². The zero-order chi connectivity index (χ0) is 29.6. The van der Waals surface area contributed by atoms with Crippen molar-refractivity contribution in [1.82, 2.24) is 10.2 Å². The SMILES string of the molecule is COc1ccc(-c2ccc(CN3C(=O)[C@@H](N)CS(=O)(=O)c4ccc(-c5nnc(N6CCC(F)(F)C6)o5)cc43)cc2)cc1. The summed E-state index contributed by atoms with van der Waals surface area (Å²) in [4.78, 5) is 16.0. The van der Waals surface area contributed by atoms with Gasteiger partial charge in [0.15, 0.2) is 9.84 Å². The highest BCUT2D eigenvalue weighted by atomic mass is 32.2. The van der Waals surface area contributed by atoms with Crippen LogP contribution in [0, 0.1) is 0 Å². The average Bonchev–Trinajstić information content (AvgIpc) is 3.60. The summed E-state index contributed by atoms with van der Waals surface area (Å²) in [5.41, 5.74) is 9.19. The Hall–Kier alpha value is -4.36. The molecular weight excluding hydrogens is 568 g/mol. The van der Waals surface area contributed by atoms with E-state index in [1.807, 2.05) is 48.5 Å². The normalized spacial score (nSPS) is 19.4. The monoisotopic (exact) mass is 595 g/mol. The molecule has 218 valence electrons. The maximum Gasteiger partial charge on any atom is 0.318 e. The third kappa shape index (κ3) is 5.32. The number of nitrogens with zero attached hydrogens (tertiary/aromatic N) is 4. The zero-order valence-corrected chi connectivity index (χ0v) is 23.4. The number of amides is 1. The molecule has 0 aliphatic carbocycles. The van der Waals surface area contributed by atoms with Crippen LogP contribution in [-0.4, -0.2) is 62.4 Å². The number of sulfone groups is 1. The fraction of sp³-hybridized carbons (Fsp3) is 0.276. The molecule has 42 heavy (non-hydrogen) atoms. The molecule has 0 unspecified atom stereocenters. The molecule has 0 radical (unpaired) electrons. The van der Waals surface area contributed by atoms with E-state index in [1.165, 1.54) is 28.0 Å². The van der Waals surface area contributed by atoms with Crippen molar-refractivity contribution < 1.29 is 31.1 Å². The largest absolute Gasteiger partial charge is 0.497 e. The number of nitrogens with two attached hydrogens (primary N) is 1. The summed E-state index contributed by atoms with van der Waals surface area (Å²) in [5, 5.41) is 7.90. The summed E-state index contributed by atoms with van der Waals surface area (Å²) in [6, 6.07) is 18.1. The third-order valence-corrected chi connectivity index (χ3v) is 9.20. The van der Waals surface area contributed by atoms with Crippen LogP contribution < -0.4 is 20.3 Å². The molecule has 1 fully saturated rings. The standard InChI is InChI=1S/C29H27F2N5O5S/c1-40-22-9-6-20(7-10-22)19-4-2-18(3-5-19)15-36-24-14-21(8-11-25(24)42(38,39)16-23(32)27(36)37)26-33-34-28(41-26)35-13-12-29(30,31)17-35/h2-11,14,23H,12-13,15-17,32H2,1H3/t23-/m0/s1. The lowest BCUT2D eigenvalue weighted by atomic mass is 10.0. The van der Waals surface area contributed by atoms with Crippen molar-refractivity contribution in [3.63, 3.8) is 0 Å². The highest BCUT2D eigenvalue weighted by Gasteiger charge is 2.40. The van der Waals surface area contributed by atoms with Gasteiger partial charge in [-0.2, -0.15) is 0 Å². The fourth-order valence-electron chi connectivity index (χ4n) is 5.13. The summed E-state index contributed by atoms with van der Waals surface area (Å²) >= 11 is 0. The molecule has 1 atom stereocenters. The number of carbonyl (C=O) groups is 1. The van der Waals surface area contributed by atoms with Gasteiger partial charge < -0.3 is 24.7 Å². The molecule has 3 aromatic carbocycles. The van der Waals surface area contributed by atoms with Gasteiger partial charge in [-0.05, 0) is 47.0 Å². The lowest BCUT2D eigenvalue weighted by molar-refractivity contribution is -0.119. The summed E-state index contributed by atoms with van der Waals surface area (Å²) in [6.07, 6.45) is -0.320. The van der Waals surface area contributed by atoms with Gasteiger partial charge in [0.25, 0.3) is 5.92 Å². The first-order valence-corrected chi connectivity index (χ1v) is 14.8. The number of fused-ring (bicyclic) bond motifs is 1. The lowest BCUT2D eigenvalue weighted by Gasteiger charge is -2.24. The molecule has 0 spiro atoms. The molecule has 10 nitrogen and oxygen atoms in total.